The van der Waals surface area contributed by atoms with E-state index in [1.165, 1.54) is 0 Å². The van der Waals surface area contributed by atoms with Crippen LogP contribution in [0.1, 0.15) is 37.0 Å². The summed E-state index contributed by atoms with van der Waals surface area (Å²) < 4.78 is 5.48. The van der Waals surface area contributed by atoms with Gasteiger partial charge >= 0.3 is 0 Å². The largest absolute Gasteiger partial charge is 0.494 e. The zero-order chi connectivity index (χ0) is 15.4. The summed E-state index contributed by atoms with van der Waals surface area (Å²) in [6.07, 6.45) is 0. The van der Waals surface area contributed by atoms with Crippen molar-refractivity contribution in [1.82, 2.24) is 9.97 Å². The zero-order valence-corrected chi connectivity index (χ0v) is 12.9. The topological polar surface area (TPSA) is 67.0 Å². The number of aromatic amines is 1. The molecule has 1 aromatic carbocycles. The molecule has 0 amide bonds. The van der Waals surface area contributed by atoms with Gasteiger partial charge in [-0.15, -0.1) is 0 Å². The summed E-state index contributed by atoms with van der Waals surface area (Å²) in [5.41, 5.74) is 2.22. The number of benzene rings is 1. The number of hydrogen-bond acceptors (Lipinski definition) is 4. The van der Waals surface area contributed by atoms with Gasteiger partial charge in [-0.1, -0.05) is 6.07 Å². The van der Waals surface area contributed by atoms with Crippen LogP contribution >= 0.6 is 0 Å². The number of anilines is 1. The predicted octanol–water partition coefficient (Wildman–Crippen LogP) is 2.96. The van der Waals surface area contributed by atoms with Crippen molar-refractivity contribution in [2.24, 2.45) is 0 Å². The first-order valence-corrected chi connectivity index (χ1v) is 7.08. The van der Waals surface area contributed by atoms with E-state index in [1.54, 1.807) is 6.92 Å². The average molecular weight is 287 g/mol. The molecule has 5 heteroatoms. The van der Waals surface area contributed by atoms with Gasteiger partial charge in [0.15, 0.2) is 0 Å². The summed E-state index contributed by atoms with van der Waals surface area (Å²) in [6.45, 7) is 8.15. The lowest BCUT2D eigenvalue weighted by atomic mass is 10.1. The highest BCUT2D eigenvalue weighted by molar-refractivity contribution is 5.49. The van der Waals surface area contributed by atoms with Crippen LogP contribution in [0, 0.1) is 13.8 Å². The molecule has 0 saturated carbocycles. The van der Waals surface area contributed by atoms with Crippen LogP contribution in [0.5, 0.6) is 5.75 Å². The normalized spacial score (nSPS) is 12.0. The minimum absolute atomic E-state index is 0.0963. The number of H-pyrrole nitrogens is 1. The van der Waals surface area contributed by atoms with Crippen LogP contribution in [0.2, 0.25) is 0 Å². The summed E-state index contributed by atoms with van der Waals surface area (Å²) >= 11 is 0. The number of hydrogen-bond donors (Lipinski definition) is 2. The number of aromatic nitrogens is 2. The second-order valence-electron chi connectivity index (χ2n) is 4.98. The number of nitrogens with zero attached hydrogens (tertiary/aromatic N) is 1. The van der Waals surface area contributed by atoms with E-state index in [0.717, 1.165) is 17.1 Å². The first kappa shape index (κ1) is 15.1. The van der Waals surface area contributed by atoms with Crippen molar-refractivity contribution in [2.45, 2.75) is 33.7 Å². The summed E-state index contributed by atoms with van der Waals surface area (Å²) in [5, 5.41) is 3.32. The highest BCUT2D eigenvalue weighted by atomic mass is 16.5. The fourth-order valence-corrected chi connectivity index (χ4v) is 2.41. The summed E-state index contributed by atoms with van der Waals surface area (Å²) in [7, 11) is 0. The lowest BCUT2D eigenvalue weighted by Gasteiger charge is -2.17. The quantitative estimate of drug-likeness (QED) is 0.887. The molecule has 0 aliphatic heterocycles. The van der Waals surface area contributed by atoms with Gasteiger partial charge in [-0.05, 0) is 39.8 Å². The fourth-order valence-electron chi connectivity index (χ4n) is 2.41. The lowest BCUT2D eigenvalue weighted by Crippen LogP contribution is -2.23. The predicted molar refractivity (Wildman–Crippen MR) is 84.0 cm³/mol. The van der Waals surface area contributed by atoms with Gasteiger partial charge in [-0.25, -0.2) is 4.98 Å². The van der Waals surface area contributed by atoms with Crippen LogP contribution in [0.3, 0.4) is 0 Å². The second kappa shape index (κ2) is 6.43. The number of aryl methyl sites for hydroxylation is 2. The van der Waals surface area contributed by atoms with Crippen molar-refractivity contribution < 1.29 is 4.74 Å². The van der Waals surface area contributed by atoms with Crippen LogP contribution in [-0.2, 0) is 0 Å². The van der Waals surface area contributed by atoms with Gasteiger partial charge in [-0.2, -0.15) is 0 Å². The smallest absolute Gasteiger partial charge is 0.256 e. The van der Waals surface area contributed by atoms with E-state index < -0.39 is 0 Å². The number of ether oxygens (including phenoxy) is 1. The Labute approximate surface area is 124 Å². The van der Waals surface area contributed by atoms with Crippen molar-refractivity contribution in [3.8, 4) is 5.75 Å². The second-order valence-corrected chi connectivity index (χ2v) is 4.98. The average Bonchev–Trinajstić information content (AvgIpc) is 2.38. The van der Waals surface area contributed by atoms with Gasteiger partial charge in [0.25, 0.3) is 5.56 Å². The van der Waals surface area contributed by atoms with Gasteiger partial charge in [0.2, 0.25) is 0 Å². The van der Waals surface area contributed by atoms with Gasteiger partial charge in [0.1, 0.15) is 11.6 Å². The molecule has 0 bridgehead atoms. The zero-order valence-electron chi connectivity index (χ0n) is 12.9. The Hall–Kier alpha value is -2.30. The van der Waals surface area contributed by atoms with E-state index in [4.69, 9.17) is 4.74 Å². The molecule has 0 saturated heterocycles. The van der Waals surface area contributed by atoms with Gasteiger partial charge in [-0.3, -0.25) is 4.79 Å². The minimum Gasteiger partial charge on any atom is -0.494 e. The lowest BCUT2D eigenvalue weighted by molar-refractivity contribution is 0.340. The van der Waals surface area contributed by atoms with Crippen molar-refractivity contribution in [2.75, 3.05) is 11.9 Å². The third kappa shape index (κ3) is 3.62. The molecule has 0 fully saturated rings. The van der Waals surface area contributed by atoms with Crippen LogP contribution in [0.4, 0.5) is 5.69 Å². The summed E-state index contributed by atoms with van der Waals surface area (Å²) in [6, 6.07) is 7.56. The third-order valence-electron chi connectivity index (χ3n) is 3.23. The molecular weight excluding hydrogens is 266 g/mol. The highest BCUT2D eigenvalue weighted by Gasteiger charge is 2.14. The molecule has 1 heterocycles. The van der Waals surface area contributed by atoms with Crippen LogP contribution in [0.15, 0.2) is 29.1 Å². The highest BCUT2D eigenvalue weighted by Crippen LogP contribution is 2.22. The first-order valence-electron chi connectivity index (χ1n) is 7.08. The monoisotopic (exact) mass is 287 g/mol. The Morgan fingerprint density at radius 2 is 2.14 bits per heavy atom. The molecule has 21 heavy (non-hydrogen) atoms. The molecule has 5 nitrogen and oxygen atoms in total. The van der Waals surface area contributed by atoms with E-state index >= 15 is 0 Å². The Morgan fingerprint density at radius 3 is 2.81 bits per heavy atom. The molecule has 1 atom stereocenters. The first-order chi connectivity index (χ1) is 10.0. The molecule has 2 N–H and O–H groups in total. The summed E-state index contributed by atoms with van der Waals surface area (Å²) in [4.78, 5) is 19.2. The SMILES string of the molecule is CCOc1cccc(NC(C)c2c(C)nc(C)[nH]c2=O)c1. The van der Waals surface area contributed by atoms with Crippen molar-refractivity contribution >= 4 is 5.69 Å². The van der Waals surface area contributed by atoms with Crippen molar-refractivity contribution in [3.63, 3.8) is 0 Å². The van der Waals surface area contributed by atoms with Crippen LogP contribution in [0.25, 0.3) is 0 Å². The number of nitrogens with one attached hydrogen (secondary N) is 2. The molecule has 1 unspecified atom stereocenters. The number of rotatable bonds is 5. The van der Waals surface area contributed by atoms with Gasteiger partial charge in [0.05, 0.1) is 23.9 Å². The molecule has 1 aromatic heterocycles. The molecule has 112 valence electrons. The van der Waals surface area contributed by atoms with E-state index in [2.05, 4.69) is 15.3 Å². The maximum Gasteiger partial charge on any atom is 0.256 e. The Bertz CT molecular complexity index is 679. The standard InChI is InChI=1S/C16H21N3O2/c1-5-21-14-8-6-7-13(9-14)18-11(3)15-10(2)17-12(4)19-16(15)20/h6-9,11,18H,5H2,1-4H3,(H,17,19,20). The third-order valence-corrected chi connectivity index (χ3v) is 3.23. The molecule has 0 aliphatic rings. The van der Waals surface area contributed by atoms with E-state index in [-0.39, 0.29) is 11.6 Å². The molecule has 2 rings (SSSR count). The van der Waals surface area contributed by atoms with Crippen molar-refractivity contribution in [1.29, 1.82) is 0 Å². The van der Waals surface area contributed by atoms with E-state index in [1.807, 2.05) is 45.0 Å². The van der Waals surface area contributed by atoms with Gasteiger partial charge < -0.3 is 15.0 Å². The molecule has 0 radical (unpaired) electrons. The molecule has 0 aliphatic carbocycles. The maximum atomic E-state index is 12.1. The van der Waals surface area contributed by atoms with Crippen LogP contribution in [-0.4, -0.2) is 16.6 Å². The summed E-state index contributed by atoms with van der Waals surface area (Å²) in [5.74, 6) is 1.44. The minimum atomic E-state index is -0.140. The Morgan fingerprint density at radius 1 is 1.38 bits per heavy atom. The van der Waals surface area contributed by atoms with E-state index in [0.29, 0.717) is 18.0 Å². The Balaban J connectivity index is 2.24. The maximum absolute atomic E-state index is 12.1. The fraction of sp³-hybridized carbons (Fsp3) is 0.375. The molecule has 0 spiro atoms. The molecule has 2 aromatic rings. The van der Waals surface area contributed by atoms with Crippen molar-refractivity contribution in [3.05, 3.63) is 51.7 Å². The van der Waals surface area contributed by atoms with Crippen LogP contribution < -0.4 is 15.6 Å². The Kier molecular flexibility index (Phi) is 4.62. The van der Waals surface area contributed by atoms with Gasteiger partial charge in [0, 0.05) is 11.8 Å². The molecular formula is C16H21N3O2. The van der Waals surface area contributed by atoms with E-state index in [9.17, 15) is 4.79 Å².